The Hall–Kier alpha value is -3.13. The topological polar surface area (TPSA) is 62.1 Å². The SMILES string of the molecule is C[C@@H]1CN(c2nc3cc(F)ccc3o2)C[C@@H](C)N1C(=O)OC1CCN(Cc2ccccc2)CC1. The van der Waals surface area contributed by atoms with Gasteiger partial charge in [0.15, 0.2) is 5.58 Å². The molecule has 1 aromatic heterocycles. The molecule has 0 bridgehead atoms. The van der Waals surface area contributed by atoms with Crippen LogP contribution in [0.15, 0.2) is 52.9 Å². The van der Waals surface area contributed by atoms with Gasteiger partial charge in [0.1, 0.15) is 17.4 Å². The van der Waals surface area contributed by atoms with Crippen LogP contribution in [-0.2, 0) is 11.3 Å². The molecule has 0 spiro atoms. The van der Waals surface area contributed by atoms with Crippen LogP contribution in [0.1, 0.15) is 32.3 Å². The third-order valence-electron chi connectivity index (χ3n) is 6.79. The van der Waals surface area contributed by atoms with Crippen LogP contribution in [0.2, 0.25) is 0 Å². The van der Waals surface area contributed by atoms with Crippen molar-refractivity contribution in [3.05, 3.63) is 59.9 Å². The highest BCUT2D eigenvalue weighted by Crippen LogP contribution is 2.27. The van der Waals surface area contributed by atoms with Crippen LogP contribution in [-0.4, -0.2) is 65.2 Å². The van der Waals surface area contributed by atoms with Gasteiger partial charge in [0, 0.05) is 38.8 Å². The minimum Gasteiger partial charge on any atom is -0.446 e. The minimum atomic E-state index is -0.340. The summed E-state index contributed by atoms with van der Waals surface area (Å²) in [6, 6.07) is 15.1. The van der Waals surface area contributed by atoms with Crippen molar-refractivity contribution in [3.63, 3.8) is 0 Å². The smallest absolute Gasteiger partial charge is 0.410 e. The van der Waals surface area contributed by atoms with E-state index in [4.69, 9.17) is 9.15 Å². The summed E-state index contributed by atoms with van der Waals surface area (Å²) in [6.07, 6.45) is 1.39. The van der Waals surface area contributed by atoms with Gasteiger partial charge in [-0.05, 0) is 44.4 Å². The van der Waals surface area contributed by atoms with Crippen LogP contribution in [0, 0.1) is 5.82 Å². The number of anilines is 1. The fourth-order valence-corrected chi connectivity index (χ4v) is 5.09. The fourth-order valence-electron chi connectivity index (χ4n) is 5.09. The highest BCUT2D eigenvalue weighted by atomic mass is 19.1. The zero-order valence-corrected chi connectivity index (χ0v) is 19.7. The molecule has 0 radical (unpaired) electrons. The third-order valence-corrected chi connectivity index (χ3v) is 6.79. The van der Waals surface area contributed by atoms with E-state index in [1.54, 1.807) is 6.07 Å². The largest absolute Gasteiger partial charge is 0.446 e. The molecule has 34 heavy (non-hydrogen) atoms. The number of halogens is 1. The highest BCUT2D eigenvalue weighted by molar-refractivity contribution is 5.74. The zero-order chi connectivity index (χ0) is 23.7. The molecule has 2 saturated heterocycles. The summed E-state index contributed by atoms with van der Waals surface area (Å²) in [4.78, 5) is 23.8. The molecule has 0 aliphatic carbocycles. The number of ether oxygens (including phenoxy) is 1. The number of piperazine rings is 1. The normalized spacial score (nSPS) is 22.3. The molecule has 0 unspecified atom stereocenters. The summed E-state index contributed by atoms with van der Waals surface area (Å²) in [6.45, 7) is 7.94. The number of hydrogen-bond acceptors (Lipinski definition) is 6. The Bertz CT molecular complexity index is 1120. The number of hydrogen-bond donors (Lipinski definition) is 0. The first kappa shape index (κ1) is 22.7. The van der Waals surface area contributed by atoms with Gasteiger partial charge in [0.2, 0.25) is 0 Å². The predicted octanol–water partition coefficient (Wildman–Crippen LogP) is 4.67. The Morgan fingerprint density at radius 2 is 1.79 bits per heavy atom. The van der Waals surface area contributed by atoms with Crippen LogP contribution in [0.3, 0.4) is 0 Å². The summed E-state index contributed by atoms with van der Waals surface area (Å²) >= 11 is 0. The van der Waals surface area contributed by atoms with Crippen molar-refractivity contribution >= 4 is 23.2 Å². The molecule has 3 aromatic rings. The van der Waals surface area contributed by atoms with Crippen molar-refractivity contribution in [2.45, 2.75) is 51.4 Å². The second-order valence-electron chi connectivity index (χ2n) is 9.46. The van der Waals surface area contributed by atoms with E-state index in [0.717, 1.165) is 32.5 Å². The van der Waals surface area contributed by atoms with Crippen molar-refractivity contribution in [3.8, 4) is 0 Å². The van der Waals surface area contributed by atoms with Crippen molar-refractivity contribution in [2.24, 2.45) is 0 Å². The number of piperidine rings is 1. The predicted molar refractivity (Wildman–Crippen MR) is 128 cm³/mol. The van der Waals surface area contributed by atoms with E-state index in [1.165, 1.54) is 17.7 Å². The molecule has 2 aromatic carbocycles. The molecule has 0 saturated carbocycles. The second-order valence-corrected chi connectivity index (χ2v) is 9.46. The van der Waals surface area contributed by atoms with Crippen LogP contribution in [0.5, 0.6) is 0 Å². The molecule has 1 amide bonds. The molecule has 2 atom stereocenters. The van der Waals surface area contributed by atoms with Gasteiger partial charge in [-0.15, -0.1) is 0 Å². The number of likely N-dealkylation sites (tertiary alicyclic amines) is 1. The van der Waals surface area contributed by atoms with Gasteiger partial charge in [0.25, 0.3) is 6.01 Å². The maximum Gasteiger partial charge on any atom is 0.410 e. The lowest BCUT2D eigenvalue weighted by molar-refractivity contribution is 0.00976. The Morgan fingerprint density at radius 3 is 2.50 bits per heavy atom. The second kappa shape index (κ2) is 9.62. The third kappa shape index (κ3) is 4.87. The number of fused-ring (bicyclic) bond motifs is 1. The molecule has 2 aliphatic rings. The number of carbonyl (C=O) groups is 1. The van der Waals surface area contributed by atoms with Crippen LogP contribution < -0.4 is 4.90 Å². The van der Waals surface area contributed by atoms with E-state index in [-0.39, 0.29) is 30.1 Å². The van der Waals surface area contributed by atoms with Gasteiger partial charge in [-0.1, -0.05) is 30.3 Å². The molecule has 3 heterocycles. The van der Waals surface area contributed by atoms with E-state index in [1.807, 2.05) is 29.7 Å². The van der Waals surface area contributed by atoms with E-state index in [9.17, 15) is 9.18 Å². The summed E-state index contributed by atoms with van der Waals surface area (Å²) in [5.41, 5.74) is 2.36. The van der Waals surface area contributed by atoms with Gasteiger partial charge < -0.3 is 14.1 Å². The van der Waals surface area contributed by atoms with E-state index in [0.29, 0.717) is 30.2 Å². The van der Waals surface area contributed by atoms with Gasteiger partial charge in [-0.2, -0.15) is 4.98 Å². The van der Waals surface area contributed by atoms with Crippen molar-refractivity contribution in [2.75, 3.05) is 31.1 Å². The molecule has 8 heteroatoms. The van der Waals surface area contributed by atoms with Crippen LogP contribution >= 0.6 is 0 Å². The first-order chi connectivity index (χ1) is 16.5. The van der Waals surface area contributed by atoms with Crippen LogP contribution in [0.4, 0.5) is 15.2 Å². The summed E-state index contributed by atoms with van der Waals surface area (Å²) < 4.78 is 25.3. The van der Waals surface area contributed by atoms with Gasteiger partial charge in [-0.3, -0.25) is 9.80 Å². The Morgan fingerprint density at radius 1 is 1.09 bits per heavy atom. The Labute approximate surface area is 199 Å². The average molecular weight is 467 g/mol. The standard InChI is InChI=1S/C26H31FN4O3/c1-18-15-30(25-28-23-14-21(27)8-9-24(23)34-25)16-19(2)31(18)26(32)33-22-10-12-29(13-11-22)17-20-6-4-3-5-7-20/h3-9,14,18-19,22H,10-13,15-17H2,1-2H3/t18-,19-/m1/s1. The number of aromatic nitrogens is 1. The molecule has 7 nitrogen and oxygen atoms in total. The Balaban J connectivity index is 1.15. The number of oxazole rings is 1. The fraction of sp³-hybridized carbons (Fsp3) is 0.462. The van der Waals surface area contributed by atoms with Gasteiger partial charge in [0.05, 0.1) is 12.1 Å². The van der Waals surface area contributed by atoms with E-state index < -0.39 is 0 Å². The molecular weight excluding hydrogens is 435 g/mol. The lowest BCUT2D eigenvalue weighted by atomic mass is 10.1. The quantitative estimate of drug-likeness (QED) is 0.557. The first-order valence-electron chi connectivity index (χ1n) is 12.0. The molecule has 5 rings (SSSR count). The van der Waals surface area contributed by atoms with Crippen molar-refractivity contribution in [1.29, 1.82) is 0 Å². The number of nitrogens with zero attached hydrogens (tertiary/aromatic N) is 4. The van der Waals surface area contributed by atoms with E-state index in [2.05, 4.69) is 34.1 Å². The van der Waals surface area contributed by atoms with Gasteiger partial charge in [-0.25, -0.2) is 9.18 Å². The van der Waals surface area contributed by atoms with Crippen molar-refractivity contribution in [1.82, 2.24) is 14.8 Å². The Kier molecular flexibility index (Phi) is 6.41. The average Bonchev–Trinajstić information content (AvgIpc) is 3.24. The maximum atomic E-state index is 13.5. The molecule has 2 aliphatic heterocycles. The lowest BCUT2D eigenvalue weighted by Crippen LogP contribution is -2.59. The van der Waals surface area contributed by atoms with E-state index >= 15 is 0 Å². The number of carbonyl (C=O) groups excluding carboxylic acids is 1. The number of rotatable bonds is 4. The molecule has 180 valence electrons. The highest BCUT2D eigenvalue weighted by Gasteiger charge is 2.37. The molecular formula is C26H31FN4O3. The van der Waals surface area contributed by atoms with Gasteiger partial charge >= 0.3 is 6.09 Å². The number of benzene rings is 2. The summed E-state index contributed by atoms with van der Waals surface area (Å²) in [7, 11) is 0. The first-order valence-corrected chi connectivity index (χ1v) is 12.0. The maximum absolute atomic E-state index is 13.5. The molecule has 2 fully saturated rings. The monoisotopic (exact) mass is 466 g/mol. The summed E-state index contributed by atoms with van der Waals surface area (Å²) in [5, 5.41) is 0. The number of amides is 1. The van der Waals surface area contributed by atoms with Crippen LogP contribution in [0.25, 0.3) is 11.1 Å². The van der Waals surface area contributed by atoms with Crippen molar-refractivity contribution < 1.29 is 18.3 Å². The lowest BCUT2D eigenvalue weighted by Gasteiger charge is -2.43. The minimum absolute atomic E-state index is 0.0520. The zero-order valence-electron chi connectivity index (χ0n) is 19.7. The molecule has 0 N–H and O–H groups in total. The summed E-state index contributed by atoms with van der Waals surface area (Å²) in [5.74, 6) is -0.340.